The van der Waals surface area contributed by atoms with Gasteiger partial charge in [-0.1, -0.05) is 26.0 Å². The highest BCUT2D eigenvalue weighted by molar-refractivity contribution is 6.00. The second kappa shape index (κ2) is 7.64. The van der Waals surface area contributed by atoms with Gasteiger partial charge in [0.05, 0.1) is 6.20 Å². The minimum Gasteiger partial charge on any atom is -0.311 e. The van der Waals surface area contributed by atoms with Crippen LogP contribution in [0.2, 0.25) is 0 Å². The smallest absolute Gasteiger partial charge is 0.225 e. The summed E-state index contributed by atoms with van der Waals surface area (Å²) in [7, 11) is 0. The van der Waals surface area contributed by atoms with Gasteiger partial charge in [0.25, 0.3) is 0 Å². The lowest BCUT2D eigenvalue weighted by Crippen LogP contribution is -2.18. The van der Waals surface area contributed by atoms with Gasteiger partial charge < -0.3 is 5.32 Å². The van der Waals surface area contributed by atoms with Gasteiger partial charge in [0, 0.05) is 31.0 Å². The van der Waals surface area contributed by atoms with E-state index >= 15 is 0 Å². The monoisotopic (exact) mass is 339 g/mol. The first-order valence-corrected chi connectivity index (χ1v) is 8.99. The average molecular weight is 339 g/mol. The van der Waals surface area contributed by atoms with Crippen molar-refractivity contribution in [1.82, 2.24) is 9.78 Å². The van der Waals surface area contributed by atoms with Crippen LogP contribution in [0, 0.1) is 5.92 Å². The number of Topliss-reactive ketones (excluding diaryl/α,β-unsaturated/α-hetero) is 1. The van der Waals surface area contributed by atoms with E-state index in [2.05, 4.69) is 30.3 Å². The normalized spacial score (nSPS) is 13.1. The molecule has 1 aliphatic rings. The van der Waals surface area contributed by atoms with Crippen molar-refractivity contribution in [2.75, 3.05) is 5.32 Å². The third-order valence-electron chi connectivity index (χ3n) is 4.52. The number of carbonyl (C=O) groups excluding carboxylic acids is 2. The minimum absolute atomic E-state index is 0.0283. The molecule has 0 unspecified atom stereocenters. The van der Waals surface area contributed by atoms with Crippen LogP contribution in [0.1, 0.15) is 54.6 Å². The molecule has 1 amide bonds. The van der Waals surface area contributed by atoms with Crippen LogP contribution >= 0.6 is 0 Å². The van der Waals surface area contributed by atoms with Crippen LogP contribution in [0.25, 0.3) is 0 Å². The molecule has 1 N–H and O–H groups in total. The fourth-order valence-corrected chi connectivity index (χ4v) is 3.25. The number of nitrogens with zero attached hydrogens (tertiary/aromatic N) is 2. The summed E-state index contributed by atoms with van der Waals surface area (Å²) in [5, 5.41) is 7.07. The Balaban J connectivity index is 1.54. The molecule has 0 bridgehead atoms. The van der Waals surface area contributed by atoms with Gasteiger partial charge in [0.2, 0.25) is 5.91 Å². The Labute approximate surface area is 148 Å². The van der Waals surface area contributed by atoms with Crippen LogP contribution in [0.5, 0.6) is 0 Å². The van der Waals surface area contributed by atoms with Crippen LogP contribution < -0.4 is 5.32 Å². The predicted molar refractivity (Wildman–Crippen MR) is 97.7 cm³/mol. The van der Waals surface area contributed by atoms with Crippen molar-refractivity contribution in [3.8, 4) is 0 Å². The number of amides is 1. The highest BCUT2D eigenvalue weighted by atomic mass is 16.2. The van der Waals surface area contributed by atoms with E-state index in [0.29, 0.717) is 11.7 Å². The van der Waals surface area contributed by atoms with Gasteiger partial charge in [-0.25, -0.2) is 4.68 Å². The number of carbonyl (C=O) groups is 2. The van der Waals surface area contributed by atoms with E-state index in [9.17, 15) is 9.59 Å². The Morgan fingerprint density at radius 1 is 1.16 bits per heavy atom. The molecule has 1 heterocycles. The van der Waals surface area contributed by atoms with Crippen molar-refractivity contribution in [1.29, 1.82) is 0 Å². The highest BCUT2D eigenvalue weighted by Gasteiger charge is 2.15. The summed E-state index contributed by atoms with van der Waals surface area (Å²) < 4.78 is 1.78. The molecule has 5 heteroatoms. The number of aryl methyl sites for hydroxylation is 2. The standard InChI is InChI=1S/C20H25N3O2/c1-14(2)13-23-19(10-11-21-23)22-20(25)9-8-18(24)17-7-6-15-4-3-5-16(15)12-17/h6-7,10-12,14H,3-5,8-9,13H2,1-2H3,(H,22,25). The van der Waals surface area contributed by atoms with E-state index in [1.54, 1.807) is 16.9 Å². The van der Waals surface area contributed by atoms with Crippen molar-refractivity contribution in [2.45, 2.75) is 52.5 Å². The lowest BCUT2D eigenvalue weighted by atomic mass is 10.0. The topological polar surface area (TPSA) is 64.0 Å². The first-order valence-electron chi connectivity index (χ1n) is 8.99. The Morgan fingerprint density at radius 3 is 2.76 bits per heavy atom. The number of hydrogen-bond donors (Lipinski definition) is 1. The van der Waals surface area contributed by atoms with Gasteiger partial charge >= 0.3 is 0 Å². The maximum atomic E-state index is 12.4. The highest BCUT2D eigenvalue weighted by Crippen LogP contribution is 2.23. The zero-order chi connectivity index (χ0) is 17.8. The summed E-state index contributed by atoms with van der Waals surface area (Å²) in [6.45, 7) is 4.95. The number of benzene rings is 1. The van der Waals surface area contributed by atoms with E-state index in [-0.39, 0.29) is 24.5 Å². The number of fused-ring (bicyclic) bond motifs is 1. The number of hydrogen-bond acceptors (Lipinski definition) is 3. The van der Waals surface area contributed by atoms with Gasteiger partial charge in [-0.15, -0.1) is 0 Å². The lowest BCUT2D eigenvalue weighted by molar-refractivity contribution is -0.116. The molecule has 1 aromatic carbocycles. The van der Waals surface area contributed by atoms with Crippen molar-refractivity contribution < 1.29 is 9.59 Å². The summed E-state index contributed by atoms with van der Waals surface area (Å²) in [6.07, 6.45) is 5.41. The van der Waals surface area contributed by atoms with E-state index in [1.165, 1.54) is 17.5 Å². The van der Waals surface area contributed by atoms with Crippen molar-refractivity contribution in [3.63, 3.8) is 0 Å². The fourth-order valence-electron chi connectivity index (χ4n) is 3.25. The molecule has 1 aromatic heterocycles. The molecule has 2 aromatic rings. The van der Waals surface area contributed by atoms with Crippen molar-refractivity contribution >= 4 is 17.5 Å². The molecular formula is C20H25N3O2. The average Bonchev–Trinajstić information content (AvgIpc) is 3.21. The number of aromatic nitrogens is 2. The largest absolute Gasteiger partial charge is 0.311 e. The molecule has 0 saturated heterocycles. The Morgan fingerprint density at radius 2 is 1.96 bits per heavy atom. The number of anilines is 1. The van der Waals surface area contributed by atoms with E-state index in [4.69, 9.17) is 0 Å². The molecule has 0 fully saturated rings. The molecule has 5 nitrogen and oxygen atoms in total. The van der Waals surface area contributed by atoms with Gasteiger partial charge in [-0.3, -0.25) is 9.59 Å². The first kappa shape index (κ1) is 17.4. The zero-order valence-corrected chi connectivity index (χ0v) is 14.9. The number of rotatable bonds is 7. The minimum atomic E-state index is -0.153. The van der Waals surface area contributed by atoms with Gasteiger partial charge in [-0.2, -0.15) is 5.10 Å². The molecule has 25 heavy (non-hydrogen) atoms. The maximum absolute atomic E-state index is 12.4. The maximum Gasteiger partial charge on any atom is 0.225 e. The van der Waals surface area contributed by atoms with E-state index < -0.39 is 0 Å². The molecular weight excluding hydrogens is 314 g/mol. The number of ketones is 1. The van der Waals surface area contributed by atoms with E-state index in [0.717, 1.165) is 24.9 Å². The lowest BCUT2D eigenvalue weighted by Gasteiger charge is -2.11. The summed E-state index contributed by atoms with van der Waals surface area (Å²) in [5.74, 6) is 1.00. The second-order valence-corrected chi connectivity index (χ2v) is 7.10. The summed E-state index contributed by atoms with van der Waals surface area (Å²) >= 11 is 0. The Hall–Kier alpha value is -2.43. The second-order valence-electron chi connectivity index (χ2n) is 7.10. The molecule has 0 aliphatic heterocycles. The SMILES string of the molecule is CC(C)Cn1nccc1NC(=O)CCC(=O)c1ccc2c(c1)CCC2. The molecule has 132 valence electrons. The Kier molecular flexibility index (Phi) is 5.31. The van der Waals surface area contributed by atoms with Crippen LogP contribution in [0.3, 0.4) is 0 Å². The molecule has 1 aliphatic carbocycles. The summed E-state index contributed by atoms with van der Waals surface area (Å²) in [4.78, 5) is 24.5. The molecule has 0 radical (unpaired) electrons. The van der Waals surface area contributed by atoms with Gasteiger partial charge in [0.15, 0.2) is 5.78 Å². The third kappa shape index (κ3) is 4.35. The van der Waals surface area contributed by atoms with Gasteiger partial charge in [-0.05, 0) is 42.4 Å². The first-order chi connectivity index (χ1) is 12.0. The van der Waals surface area contributed by atoms with Crippen LogP contribution in [0.15, 0.2) is 30.5 Å². The predicted octanol–water partition coefficient (Wildman–Crippen LogP) is 3.63. The van der Waals surface area contributed by atoms with Crippen LogP contribution in [0.4, 0.5) is 5.82 Å². The van der Waals surface area contributed by atoms with Crippen LogP contribution in [-0.4, -0.2) is 21.5 Å². The number of nitrogens with one attached hydrogen (secondary N) is 1. The van der Waals surface area contributed by atoms with E-state index in [1.807, 2.05) is 12.1 Å². The third-order valence-corrected chi connectivity index (χ3v) is 4.52. The fraction of sp³-hybridized carbons (Fsp3) is 0.450. The molecule has 3 rings (SSSR count). The summed E-state index contributed by atoms with van der Waals surface area (Å²) in [5.41, 5.74) is 3.36. The van der Waals surface area contributed by atoms with Gasteiger partial charge in [0.1, 0.15) is 5.82 Å². The van der Waals surface area contributed by atoms with Crippen molar-refractivity contribution in [3.05, 3.63) is 47.2 Å². The summed E-state index contributed by atoms with van der Waals surface area (Å²) in [6, 6.07) is 7.73. The quantitative estimate of drug-likeness (QED) is 0.784. The zero-order valence-electron chi connectivity index (χ0n) is 14.9. The molecule has 0 saturated carbocycles. The Bertz CT molecular complexity index is 777. The van der Waals surface area contributed by atoms with Crippen molar-refractivity contribution in [2.24, 2.45) is 5.92 Å². The van der Waals surface area contributed by atoms with Crippen LogP contribution in [-0.2, 0) is 24.2 Å². The molecule has 0 spiro atoms. The molecule has 0 atom stereocenters.